The highest BCUT2D eigenvalue weighted by Crippen LogP contribution is 2.55. The lowest BCUT2D eigenvalue weighted by atomic mass is 9.90. The summed E-state index contributed by atoms with van der Waals surface area (Å²) in [4.78, 5) is 0. The van der Waals surface area contributed by atoms with Crippen LogP contribution < -0.4 is 5.32 Å². The molecule has 0 atom stereocenters. The average Bonchev–Trinajstić information content (AvgIpc) is 3.57. The fourth-order valence-corrected chi connectivity index (χ4v) is 8.67. The number of hydrogen-bond acceptors (Lipinski definition) is 2. The Morgan fingerprint density at radius 2 is 1.24 bits per heavy atom. The third kappa shape index (κ3) is 2.98. The minimum atomic E-state index is 0.983. The summed E-state index contributed by atoms with van der Waals surface area (Å²) in [6.07, 6.45) is 0.983. The van der Waals surface area contributed by atoms with Crippen LogP contribution in [0, 0.1) is 0 Å². The molecular formula is C39H28N2S. The first kappa shape index (κ1) is 23.8. The van der Waals surface area contributed by atoms with Gasteiger partial charge in [-0.1, -0.05) is 110 Å². The molecule has 6 aromatic carbocycles. The van der Waals surface area contributed by atoms with Crippen molar-refractivity contribution in [1.82, 2.24) is 4.57 Å². The van der Waals surface area contributed by atoms with Crippen LogP contribution in [0.2, 0.25) is 0 Å². The van der Waals surface area contributed by atoms with Gasteiger partial charge in [0.15, 0.2) is 0 Å². The van der Waals surface area contributed by atoms with Gasteiger partial charge in [-0.05, 0) is 40.8 Å². The molecule has 1 N–H and O–H groups in total. The largest absolute Gasteiger partial charge is 0.387 e. The van der Waals surface area contributed by atoms with E-state index in [-0.39, 0.29) is 0 Å². The number of fused-ring (bicyclic) bond motifs is 12. The van der Waals surface area contributed by atoms with Crippen molar-refractivity contribution in [2.75, 3.05) is 12.4 Å². The van der Waals surface area contributed by atoms with Crippen molar-refractivity contribution in [3.8, 4) is 39.1 Å². The van der Waals surface area contributed by atoms with Gasteiger partial charge >= 0.3 is 0 Å². The van der Waals surface area contributed by atoms with Crippen molar-refractivity contribution in [2.45, 2.75) is 13.3 Å². The number of rotatable bonds is 3. The Kier molecular flexibility index (Phi) is 5.00. The fraction of sp³-hybridized carbons (Fsp3) is 0.0769. The minimum Gasteiger partial charge on any atom is -0.387 e. The highest BCUT2D eigenvalue weighted by Gasteiger charge is 2.29. The molecule has 200 valence electrons. The molecule has 2 nitrogen and oxygen atoms in total. The van der Waals surface area contributed by atoms with Gasteiger partial charge in [0.2, 0.25) is 0 Å². The van der Waals surface area contributed by atoms with E-state index >= 15 is 0 Å². The predicted octanol–water partition coefficient (Wildman–Crippen LogP) is 11.1. The molecule has 9 rings (SSSR count). The van der Waals surface area contributed by atoms with Crippen molar-refractivity contribution < 1.29 is 0 Å². The molecule has 0 bridgehead atoms. The zero-order valence-corrected chi connectivity index (χ0v) is 24.3. The molecule has 0 amide bonds. The van der Waals surface area contributed by atoms with E-state index in [1.165, 1.54) is 92.3 Å². The number of anilines is 1. The number of aryl methyl sites for hydroxylation is 1. The monoisotopic (exact) mass is 556 g/mol. The molecule has 42 heavy (non-hydrogen) atoms. The normalized spacial score (nSPS) is 12.1. The molecule has 0 spiro atoms. The molecule has 0 fully saturated rings. The number of benzene rings is 6. The number of nitrogens with zero attached hydrogens (tertiary/aromatic N) is 1. The minimum absolute atomic E-state index is 0.983. The van der Waals surface area contributed by atoms with E-state index in [0.717, 1.165) is 6.42 Å². The first-order valence-corrected chi connectivity index (χ1v) is 15.5. The van der Waals surface area contributed by atoms with Gasteiger partial charge in [0.05, 0.1) is 27.1 Å². The summed E-state index contributed by atoms with van der Waals surface area (Å²) < 4.78 is 5.23. The van der Waals surface area contributed by atoms with Crippen molar-refractivity contribution >= 4 is 59.0 Å². The van der Waals surface area contributed by atoms with Gasteiger partial charge in [0, 0.05) is 50.0 Å². The van der Waals surface area contributed by atoms with Crippen molar-refractivity contribution in [2.24, 2.45) is 0 Å². The van der Waals surface area contributed by atoms with Crippen LogP contribution in [-0.2, 0) is 6.42 Å². The number of hydrogen-bond donors (Lipinski definition) is 1. The Morgan fingerprint density at radius 3 is 2.05 bits per heavy atom. The van der Waals surface area contributed by atoms with Crippen LogP contribution in [0.4, 0.5) is 5.69 Å². The maximum atomic E-state index is 3.75. The molecule has 0 radical (unpaired) electrons. The van der Waals surface area contributed by atoms with E-state index in [0.29, 0.717) is 0 Å². The van der Waals surface area contributed by atoms with Gasteiger partial charge in [0.25, 0.3) is 0 Å². The highest BCUT2D eigenvalue weighted by molar-refractivity contribution is 7.26. The van der Waals surface area contributed by atoms with E-state index in [2.05, 4.69) is 139 Å². The van der Waals surface area contributed by atoms with Gasteiger partial charge in [-0.15, -0.1) is 11.3 Å². The molecule has 0 saturated heterocycles. The van der Waals surface area contributed by atoms with Crippen LogP contribution in [0.25, 0.3) is 81.0 Å². The molecule has 0 aliphatic carbocycles. The van der Waals surface area contributed by atoms with Crippen molar-refractivity contribution in [1.29, 1.82) is 0 Å². The number of thiophene rings is 1. The summed E-state index contributed by atoms with van der Waals surface area (Å²) in [5.74, 6) is 0. The van der Waals surface area contributed by atoms with Crippen LogP contribution in [0.3, 0.4) is 0 Å². The van der Waals surface area contributed by atoms with Crippen LogP contribution in [0.5, 0.6) is 0 Å². The first-order valence-electron chi connectivity index (χ1n) is 14.7. The Bertz CT molecular complexity index is 2390. The molecule has 0 saturated carbocycles. The predicted molar refractivity (Wildman–Crippen MR) is 182 cm³/mol. The lowest BCUT2D eigenvalue weighted by Crippen LogP contribution is -1.99. The van der Waals surface area contributed by atoms with Crippen LogP contribution in [0.1, 0.15) is 12.5 Å². The van der Waals surface area contributed by atoms with Crippen molar-refractivity contribution in [3.63, 3.8) is 0 Å². The molecular weight excluding hydrogens is 529 g/mol. The topological polar surface area (TPSA) is 17.0 Å². The van der Waals surface area contributed by atoms with E-state index in [4.69, 9.17) is 0 Å². The molecule has 3 heteroatoms. The Labute approximate surface area is 248 Å². The van der Waals surface area contributed by atoms with E-state index < -0.39 is 0 Å². The summed E-state index contributed by atoms with van der Waals surface area (Å²) in [5, 5.41) is 9.00. The Hall–Kier alpha value is -4.86. The standard InChI is InChI=1S/C39H28N2S/c1-3-23-13-4-5-14-24(23)33-34-29-18-9-11-22-32(29)42-39(34)38-35(36(33)40-2)30-20-12-19-28-26-16-7-6-15-25(26)27-17-8-10-21-31(27)41(38)37(28)30/h4-22,40H,3H2,1-2H3. The first-order chi connectivity index (χ1) is 20.8. The molecule has 8 aromatic rings. The van der Waals surface area contributed by atoms with Crippen LogP contribution >= 0.6 is 11.3 Å². The lowest BCUT2D eigenvalue weighted by Gasteiger charge is -2.18. The number of aromatic nitrogens is 1. The highest BCUT2D eigenvalue weighted by atomic mass is 32.1. The SMILES string of the molecule is CCc1ccccc1-c1c(NC)c2c3cccc4c3n(c2c2sc3ccccc3c12)-c1ccccc1-c1ccccc1-4. The summed E-state index contributed by atoms with van der Waals surface area (Å²) in [7, 11) is 2.09. The van der Waals surface area contributed by atoms with Gasteiger partial charge in [-0.3, -0.25) is 0 Å². The maximum absolute atomic E-state index is 3.75. The van der Waals surface area contributed by atoms with Gasteiger partial charge in [-0.2, -0.15) is 0 Å². The zero-order chi connectivity index (χ0) is 27.9. The third-order valence-electron chi connectivity index (χ3n) is 9.12. The molecule has 1 aliphatic rings. The molecule has 1 aliphatic heterocycles. The Balaban J connectivity index is 1.63. The van der Waals surface area contributed by atoms with E-state index in [1.54, 1.807) is 0 Å². The summed E-state index contributed by atoms with van der Waals surface area (Å²) >= 11 is 1.92. The van der Waals surface area contributed by atoms with Crippen LogP contribution in [-0.4, -0.2) is 11.6 Å². The second-order valence-corrected chi connectivity index (χ2v) is 12.2. The average molecular weight is 557 g/mol. The molecule has 2 aromatic heterocycles. The third-order valence-corrected chi connectivity index (χ3v) is 10.3. The Morgan fingerprint density at radius 1 is 0.595 bits per heavy atom. The fourth-order valence-electron chi connectivity index (χ4n) is 7.42. The summed E-state index contributed by atoms with van der Waals surface area (Å²) in [6.45, 7) is 2.26. The van der Waals surface area contributed by atoms with Crippen LogP contribution in [0.15, 0.2) is 115 Å². The summed E-state index contributed by atoms with van der Waals surface area (Å²) in [6, 6.07) is 42.6. The smallest absolute Gasteiger partial charge is 0.0741 e. The van der Waals surface area contributed by atoms with Gasteiger partial charge in [-0.25, -0.2) is 0 Å². The van der Waals surface area contributed by atoms with E-state index in [1.807, 2.05) is 11.3 Å². The lowest BCUT2D eigenvalue weighted by molar-refractivity contribution is 1.14. The number of para-hydroxylation sites is 2. The molecule has 3 heterocycles. The van der Waals surface area contributed by atoms with E-state index in [9.17, 15) is 0 Å². The van der Waals surface area contributed by atoms with Gasteiger partial charge < -0.3 is 9.88 Å². The summed E-state index contributed by atoms with van der Waals surface area (Å²) in [5.41, 5.74) is 14.1. The molecule has 0 unspecified atom stereocenters. The maximum Gasteiger partial charge on any atom is 0.0741 e. The quantitative estimate of drug-likeness (QED) is 0.229. The second-order valence-electron chi connectivity index (χ2n) is 11.1. The number of nitrogens with one attached hydrogen (secondary N) is 1. The second kappa shape index (κ2) is 8.82. The van der Waals surface area contributed by atoms with Crippen molar-refractivity contribution in [3.05, 3.63) is 121 Å². The zero-order valence-electron chi connectivity index (χ0n) is 23.5. The van der Waals surface area contributed by atoms with Gasteiger partial charge in [0.1, 0.15) is 0 Å².